The molecule has 0 aromatic heterocycles. The fraction of sp³-hybridized carbons (Fsp3) is 0.438. The first-order valence-corrected chi connectivity index (χ1v) is 7.55. The molecule has 1 saturated carbocycles. The SMILES string of the molecule is COC(=O)[C@H](NC(=O)c1ccccc1Cl)[C@@H]1CCCC(=O)C1. The summed E-state index contributed by atoms with van der Waals surface area (Å²) in [5, 5.41) is 2.97. The lowest BCUT2D eigenvalue weighted by atomic mass is 9.83. The number of halogens is 1. The fourth-order valence-corrected chi connectivity index (χ4v) is 2.92. The molecule has 0 bridgehead atoms. The van der Waals surface area contributed by atoms with Gasteiger partial charge >= 0.3 is 5.97 Å². The Labute approximate surface area is 134 Å². The number of hydrogen-bond acceptors (Lipinski definition) is 4. The number of ketones is 1. The van der Waals surface area contributed by atoms with E-state index in [2.05, 4.69) is 5.32 Å². The summed E-state index contributed by atoms with van der Waals surface area (Å²) in [5.74, 6) is -1.11. The highest BCUT2D eigenvalue weighted by Gasteiger charge is 2.34. The first-order chi connectivity index (χ1) is 10.5. The molecular weight excluding hydrogens is 306 g/mol. The van der Waals surface area contributed by atoms with Crippen molar-refractivity contribution < 1.29 is 19.1 Å². The van der Waals surface area contributed by atoms with Gasteiger partial charge in [0.25, 0.3) is 5.91 Å². The maximum atomic E-state index is 12.3. The molecule has 1 aromatic carbocycles. The molecule has 6 heteroatoms. The van der Waals surface area contributed by atoms with Crippen molar-refractivity contribution in [2.75, 3.05) is 7.11 Å². The third kappa shape index (κ3) is 3.85. The zero-order valence-electron chi connectivity index (χ0n) is 12.3. The number of carbonyl (C=O) groups is 3. The second kappa shape index (κ2) is 7.40. The van der Waals surface area contributed by atoms with E-state index in [0.717, 1.165) is 6.42 Å². The summed E-state index contributed by atoms with van der Waals surface area (Å²) < 4.78 is 4.77. The molecular formula is C16H18ClNO4. The summed E-state index contributed by atoms with van der Waals surface area (Å²) >= 11 is 5.99. The molecule has 1 aliphatic carbocycles. The number of Topliss-reactive ketones (excluding diaryl/α,β-unsaturated/α-hetero) is 1. The van der Waals surface area contributed by atoms with E-state index >= 15 is 0 Å². The Hall–Kier alpha value is -1.88. The van der Waals surface area contributed by atoms with Crippen LogP contribution in [0.2, 0.25) is 5.02 Å². The maximum Gasteiger partial charge on any atom is 0.328 e. The molecule has 5 nitrogen and oxygen atoms in total. The number of benzene rings is 1. The van der Waals surface area contributed by atoms with Gasteiger partial charge in [0.05, 0.1) is 17.7 Å². The number of carbonyl (C=O) groups excluding carboxylic acids is 3. The molecule has 1 aromatic rings. The predicted octanol–water partition coefficient (Wildman–Crippen LogP) is 2.37. The quantitative estimate of drug-likeness (QED) is 0.863. The van der Waals surface area contributed by atoms with Gasteiger partial charge < -0.3 is 10.1 Å². The van der Waals surface area contributed by atoms with Crippen molar-refractivity contribution in [1.82, 2.24) is 5.32 Å². The smallest absolute Gasteiger partial charge is 0.328 e. The largest absolute Gasteiger partial charge is 0.467 e. The van der Waals surface area contributed by atoms with Crippen molar-refractivity contribution in [2.45, 2.75) is 31.7 Å². The lowest BCUT2D eigenvalue weighted by molar-refractivity contribution is -0.145. The molecule has 0 heterocycles. The van der Waals surface area contributed by atoms with Gasteiger partial charge in [-0.15, -0.1) is 0 Å². The summed E-state index contributed by atoms with van der Waals surface area (Å²) in [6.45, 7) is 0. The van der Waals surface area contributed by atoms with Crippen LogP contribution in [0.1, 0.15) is 36.0 Å². The highest BCUT2D eigenvalue weighted by atomic mass is 35.5. The van der Waals surface area contributed by atoms with Crippen LogP contribution in [-0.4, -0.2) is 30.8 Å². The van der Waals surface area contributed by atoms with E-state index in [1.807, 2.05) is 0 Å². The number of hydrogen-bond donors (Lipinski definition) is 1. The Morgan fingerprint density at radius 1 is 1.36 bits per heavy atom. The number of methoxy groups -OCH3 is 1. The second-order valence-electron chi connectivity index (χ2n) is 5.35. The number of nitrogens with one attached hydrogen (secondary N) is 1. The fourth-order valence-electron chi connectivity index (χ4n) is 2.70. The topological polar surface area (TPSA) is 72.5 Å². The monoisotopic (exact) mass is 323 g/mol. The van der Waals surface area contributed by atoms with E-state index in [4.69, 9.17) is 16.3 Å². The Kier molecular flexibility index (Phi) is 5.55. The molecule has 1 fully saturated rings. The van der Waals surface area contributed by atoms with Gasteiger partial charge in [-0.3, -0.25) is 9.59 Å². The van der Waals surface area contributed by atoms with Crippen LogP contribution in [0.4, 0.5) is 0 Å². The zero-order valence-corrected chi connectivity index (χ0v) is 13.1. The third-order valence-electron chi connectivity index (χ3n) is 3.85. The van der Waals surface area contributed by atoms with Crippen LogP contribution in [0.25, 0.3) is 0 Å². The van der Waals surface area contributed by atoms with Crippen molar-refractivity contribution in [3.05, 3.63) is 34.9 Å². The average molecular weight is 324 g/mol. The first kappa shape index (κ1) is 16.5. The Balaban J connectivity index is 2.16. The summed E-state index contributed by atoms with van der Waals surface area (Å²) in [6, 6.07) is 5.76. The van der Waals surface area contributed by atoms with Gasteiger partial charge in [0, 0.05) is 12.8 Å². The van der Waals surface area contributed by atoms with E-state index in [9.17, 15) is 14.4 Å². The average Bonchev–Trinajstić information content (AvgIpc) is 2.52. The molecule has 1 amide bonds. The molecule has 0 saturated heterocycles. The van der Waals surface area contributed by atoms with Gasteiger partial charge in [0.2, 0.25) is 0 Å². The van der Waals surface area contributed by atoms with Crippen molar-refractivity contribution in [1.29, 1.82) is 0 Å². The van der Waals surface area contributed by atoms with Gasteiger partial charge in [0.15, 0.2) is 0 Å². The molecule has 1 aliphatic rings. The second-order valence-corrected chi connectivity index (χ2v) is 5.76. The number of esters is 1. The van der Waals surface area contributed by atoms with Crippen LogP contribution in [0.15, 0.2) is 24.3 Å². The predicted molar refractivity (Wildman–Crippen MR) is 81.7 cm³/mol. The van der Waals surface area contributed by atoms with Crippen molar-refractivity contribution in [3.8, 4) is 0 Å². The van der Waals surface area contributed by atoms with E-state index in [0.29, 0.717) is 23.4 Å². The van der Waals surface area contributed by atoms with Crippen LogP contribution in [0, 0.1) is 5.92 Å². The summed E-state index contributed by atoms with van der Waals surface area (Å²) in [5.41, 5.74) is 0.292. The van der Waals surface area contributed by atoms with Crippen LogP contribution < -0.4 is 5.32 Å². The zero-order chi connectivity index (χ0) is 16.1. The van der Waals surface area contributed by atoms with Gasteiger partial charge in [-0.05, 0) is 30.9 Å². The van der Waals surface area contributed by atoms with Crippen molar-refractivity contribution >= 4 is 29.3 Å². The summed E-state index contributed by atoms with van der Waals surface area (Å²) in [4.78, 5) is 35.9. The van der Waals surface area contributed by atoms with Gasteiger partial charge in [0.1, 0.15) is 11.8 Å². The minimum Gasteiger partial charge on any atom is -0.467 e. The molecule has 2 rings (SSSR count). The van der Waals surface area contributed by atoms with Gasteiger partial charge in [-0.1, -0.05) is 23.7 Å². The lowest BCUT2D eigenvalue weighted by Gasteiger charge is -2.28. The van der Waals surface area contributed by atoms with Crippen LogP contribution in [0.3, 0.4) is 0 Å². The maximum absolute atomic E-state index is 12.3. The molecule has 1 N–H and O–H groups in total. The Morgan fingerprint density at radius 3 is 2.73 bits per heavy atom. The van der Waals surface area contributed by atoms with Crippen molar-refractivity contribution in [3.63, 3.8) is 0 Å². The van der Waals surface area contributed by atoms with Crippen LogP contribution in [-0.2, 0) is 14.3 Å². The lowest BCUT2D eigenvalue weighted by Crippen LogP contribution is -2.48. The van der Waals surface area contributed by atoms with Gasteiger partial charge in [-0.25, -0.2) is 4.79 Å². The molecule has 0 aliphatic heterocycles. The highest BCUT2D eigenvalue weighted by Crippen LogP contribution is 2.25. The minimum atomic E-state index is -0.835. The molecule has 0 unspecified atom stereocenters. The van der Waals surface area contributed by atoms with Crippen molar-refractivity contribution in [2.24, 2.45) is 5.92 Å². The van der Waals surface area contributed by atoms with Crippen LogP contribution in [0.5, 0.6) is 0 Å². The van der Waals surface area contributed by atoms with E-state index in [1.165, 1.54) is 7.11 Å². The number of rotatable bonds is 4. The molecule has 118 valence electrons. The van der Waals surface area contributed by atoms with Gasteiger partial charge in [-0.2, -0.15) is 0 Å². The number of ether oxygens (including phenoxy) is 1. The number of amides is 1. The van der Waals surface area contributed by atoms with E-state index in [-0.39, 0.29) is 18.1 Å². The molecule has 0 spiro atoms. The summed E-state index contributed by atoms with van der Waals surface area (Å²) in [6.07, 6.45) is 2.23. The molecule has 22 heavy (non-hydrogen) atoms. The minimum absolute atomic E-state index is 0.108. The van der Waals surface area contributed by atoms with Crippen LogP contribution >= 0.6 is 11.6 Å². The van der Waals surface area contributed by atoms with E-state index in [1.54, 1.807) is 24.3 Å². The molecule has 2 atom stereocenters. The van der Waals surface area contributed by atoms with E-state index < -0.39 is 17.9 Å². The Bertz CT molecular complexity index is 587. The summed E-state index contributed by atoms with van der Waals surface area (Å²) in [7, 11) is 1.27. The highest BCUT2D eigenvalue weighted by molar-refractivity contribution is 6.33. The first-order valence-electron chi connectivity index (χ1n) is 7.18. The normalized spacial score (nSPS) is 19.4. The third-order valence-corrected chi connectivity index (χ3v) is 4.18. The molecule has 0 radical (unpaired) electrons. The standard InChI is InChI=1S/C16H18ClNO4/c1-22-16(21)14(10-5-4-6-11(19)9-10)18-15(20)12-7-2-3-8-13(12)17/h2-3,7-8,10,14H,4-6,9H2,1H3,(H,18,20)/t10-,14-/m1/s1. The Morgan fingerprint density at radius 2 is 2.09 bits per heavy atom.